The van der Waals surface area contributed by atoms with Gasteiger partial charge >= 0.3 is 0 Å². The molecule has 2 aromatic heterocycles. The Morgan fingerprint density at radius 3 is 2.90 bits per heavy atom. The fraction of sp³-hybridized carbons (Fsp3) is 0.625. The lowest BCUT2D eigenvalue weighted by Gasteiger charge is -2.28. The van der Waals surface area contributed by atoms with Gasteiger partial charge in [0.2, 0.25) is 0 Å². The molecule has 4 heterocycles. The van der Waals surface area contributed by atoms with Crippen molar-refractivity contribution in [2.45, 2.75) is 43.4 Å². The largest absolute Gasteiger partial charge is 0.317 e. The smallest absolute Gasteiger partial charge is 0.160 e. The normalized spacial score (nSPS) is 24.5. The van der Waals surface area contributed by atoms with Gasteiger partial charge in [-0.05, 0) is 63.1 Å². The molecule has 2 aliphatic heterocycles. The zero-order valence-corrected chi connectivity index (χ0v) is 13.1. The number of hydrogen-bond donors (Lipinski definition) is 1. The molecule has 0 saturated carbocycles. The number of nitrogens with zero attached hydrogens (tertiary/aromatic N) is 3. The van der Waals surface area contributed by atoms with E-state index in [0.29, 0.717) is 11.3 Å². The zero-order chi connectivity index (χ0) is 14.1. The van der Waals surface area contributed by atoms with Crippen LogP contribution in [-0.2, 0) is 0 Å². The summed E-state index contributed by atoms with van der Waals surface area (Å²) in [6.45, 7) is 2.22. The van der Waals surface area contributed by atoms with Gasteiger partial charge in [0.1, 0.15) is 11.3 Å². The molecule has 1 N–H and O–H groups in total. The summed E-state index contributed by atoms with van der Waals surface area (Å²) in [5.74, 6) is 3.13. The number of pyridine rings is 1. The van der Waals surface area contributed by atoms with E-state index in [1.807, 2.05) is 12.3 Å². The minimum atomic E-state index is 0.531. The van der Waals surface area contributed by atoms with E-state index < -0.39 is 0 Å². The molecule has 4 rings (SSSR count). The van der Waals surface area contributed by atoms with Gasteiger partial charge in [-0.25, -0.2) is 9.97 Å². The van der Waals surface area contributed by atoms with Crippen LogP contribution in [-0.4, -0.2) is 33.4 Å². The van der Waals surface area contributed by atoms with Crippen LogP contribution in [0.2, 0.25) is 0 Å². The summed E-state index contributed by atoms with van der Waals surface area (Å²) in [6, 6.07) is 4.11. The molecule has 5 heteroatoms. The van der Waals surface area contributed by atoms with Gasteiger partial charge in [-0.2, -0.15) is 0 Å². The summed E-state index contributed by atoms with van der Waals surface area (Å²) < 4.78 is 2.47. The van der Waals surface area contributed by atoms with E-state index in [4.69, 9.17) is 4.98 Å². The standard InChI is InChI=1S/C16H22N4S/c1-2-11-21-14(5-1)20-15(12-6-9-17-10-7-12)19-13-4-3-8-18-16(13)20/h3-4,8,12,14,17H,1-2,5-7,9-11H2. The van der Waals surface area contributed by atoms with Crippen molar-refractivity contribution >= 4 is 22.9 Å². The highest BCUT2D eigenvalue weighted by Gasteiger charge is 2.27. The lowest BCUT2D eigenvalue weighted by molar-refractivity contribution is 0.425. The Hall–Kier alpha value is -1.07. The Labute approximate surface area is 129 Å². The molecule has 0 amide bonds. The number of imidazole rings is 1. The average Bonchev–Trinajstić information content (AvgIpc) is 2.96. The molecule has 1 atom stereocenters. The van der Waals surface area contributed by atoms with E-state index in [9.17, 15) is 0 Å². The molecule has 0 spiro atoms. The quantitative estimate of drug-likeness (QED) is 0.924. The van der Waals surface area contributed by atoms with E-state index >= 15 is 0 Å². The summed E-state index contributed by atoms with van der Waals surface area (Å²) >= 11 is 2.08. The molecule has 2 aliphatic rings. The molecule has 4 nitrogen and oxygen atoms in total. The predicted molar refractivity (Wildman–Crippen MR) is 87.7 cm³/mol. The third-order valence-electron chi connectivity index (χ3n) is 4.62. The van der Waals surface area contributed by atoms with Crippen molar-refractivity contribution in [1.82, 2.24) is 19.9 Å². The number of nitrogens with one attached hydrogen (secondary N) is 1. The molecule has 0 aliphatic carbocycles. The first kappa shape index (κ1) is 13.6. The first-order valence-electron chi connectivity index (χ1n) is 8.08. The van der Waals surface area contributed by atoms with Crippen molar-refractivity contribution < 1.29 is 0 Å². The van der Waals surface area contributed by atoms with Gasteiger partial charge < -0.3 is 5.32 Å². The van der Waals surface area contributed by atoms with E-state index in [2.05, 4.69) is 32.7 Å². The molecule has 2 saturated heterocycles. The number of aromatic nitrogens is 3. The highest BCUT2D eigenvalue weighted by atomic mass is 32.2. The van der Waals surface area contributed by atoms with Crippen molar-refractivity contribution in [3.8, 4) is 0 Å². The Morgan fingerprint density at radius 2 is 2.10 bits per heavy atom. The molecular weight excluding hydrogens is 280 g/mol. The lowest BCUT2D eigenvalue weighted by atomic mass is 9.97. The van der Waals surface area contributed by atoms with Crippen molar-refractivity contribution in [2.24, 2.45) is 0 Å². The lowest BCUT2D eigenvalue weighted by Crippen LogP contribution is -2.28. The minimum Gasteiger partial charge on any atom is -0.317 e. The van der Waals surface area contributed by atoms with Gasteiger partial charge in [0, 0.05) is 12.1 Å². The van der Waals surface area contributed by atoms with Crippen LogP contribution in [0.5, 0.6) is 0 Å². The monoisotopic (exact) mass is 302 g/mol. The highest BCUT2D eigenvalue weighted by molar-refractivity contribution is 7.99. The van der Waals surface area contributed by atoms with Crippen LogP contribution in [0, 0.1) is 0 Å². The van der Waals surface area contributed by atoms with Crippen LogP contribution >= 0.6 is 11.8 Å². The van der Waals surface area contributed by atoms with Crippen LogP contribution in [0.15, 0.2) is 18.3 Å². The van der Waals surface area contributed by atoms with Gasteiger partial charge in [-0.1, -0.05) is 0 Å². The van der Waals surface area contributed by atoms with Crippen LogP contribution < -0.4 is 5.32 Å². The molecule has 2 aromatic rings. The maximum atomic E-state index is 4.97. The van der Waals surface area contributed by atoms with Crippen molar-refractivity contribution in [3.63, 3.8) is 0 Å². The summed E-state index contributed by atoms with van der Waals surface area (Å²) in [6.07, 6.45) is 8.23. The number of thioether (sulfide) groups is 1. The zero-order valence-electron chi connectivity index (χ0n) is 12.3. The SMILES string of the molecule is c1cnc2c(c1)nc(C1CCNCC1)n2C1CCCCS1. The fourth-order valence-corrected chi connectivity index (χ4v) is 4.86. The van der Waals surface area contributed by atoms with Gasteiger partial charge in [0.25, 0.3) is 0 Å². The first-order chi connectivity index (χ1) is 10.4. The Kier molecular flexibility index (Phi) is 3.86. The Morgan fingerprint density at radius 1 is 1.19 bits per heavy atom. The van der Waals surface area contributed by atoms with Crippen LogP contribution in [0.3, 0.4) is 0 Å². The second kappa shape index (κ2) is 5.97. The van der Waals surface area contributed by atoms with E-state index in [1.54, 1.807) is 0 Å². The van der Waals surface area contributed by atoms with Crippen LogP contribution in [0.4, 0.5) is 0 Å². The fourth-order valence-electron chi connectivity index (χ4n) is 3.53. The van der Waals surface area contributed by atoms with Gasteiger partial charge in [-0.3, -0.25) is 4.57 Å². The highest BCUT2D eigenvalue weighted by Crippen LogP contribution is 2.39. The summed E-state index contributed by atoms with van der Waals surface area (Å²) in [4.78, 5) is 9.61. The maximum absolute atomic E-state index is 4.97. The maximum Gasteiger partial charge on any atom is 0.160 e. The molecule has 21 heavy (non-hydrogen) atoms. The molecule has 0 aromatic carbocycles. The molecule has 0 bridgehead atoms. The molecular formula is C16H22N4S. The number of piperidine rings is 1. The Bertz CT molecular complexity index is 612. The van der Waals surface area contributed by atoms with Gasteiger partial charge in [0.05, 0.1) is 5.37 Å². The Balaban J connectivity index is 1.79. The summed E-state index contributed by atoms with van der Waals surface area (Å²) in [5, 5.41) is 3.99. The first-order valence-corrected chi connectivity index (χ1v) is 9.13. The number of rotatable bonds is 2. The van der Waals surface area contributed by atoms with Crippen molar-refractivity contribution in [1.29, 1.82) is 0 Å². The predicted octanol–water partition coefficient (Wildman–Crippen LogP) is 3.31. The molecule has 0 radical (unpaired) electrons. The average molecular weight is 302 g/mol. The van der Waals surface area contributed by atoms with Gasteiger partial charge in [0.15, 0.2) is 5.65 Å². The second-order valence-electron chi connectivity index (χ2n) is 6.03. The van der Waals surface area contributed by atoms with E-state index in [1.165, 1.54) is 43.7 Å². The minimum absolute atomic E-state index is 0.531. The van der Waals surface area contributed by atoms with Crippen LogP contribution in [0.1, 0.15) is 49.2 Å². The van der Waals surface area contributed by atoms with E-state index in [-0.39, 0.29) is 0 Å². The third-order valence-corrected chi connectivity index (χ3v) is 5.98. The summed E-state index contributed by atoms with van der Waals surface area (Å²) in [5.41, 5.74) is 2.16. The molecule has 1 unspecified atom stereocenters. The topological polar surface area (TPSA) is 42.7 Å². The van der Waals surface area contributed by atoms with Crippen molar-refractivity contribution in [3.05, 3.63) is 24.2 Å². The van der Waals surface area contributed by atoms with Gasteiger partial charge in [-0.15, -0.1) is 11.8 Å². The number of hydrogen-bond acceptors (Lipinski definition) is 4. The molecule has 112 valence electrons. The summed E-state index contributed by atoms with van der Waals surface area (Å²) in [7, 11) is 0. The van der Waals surface area contributed by atoms with Crippen LogP contribution in [0.25, 0.3) is 11.2 Å². The third kappa shape index (κ3) is 2.57. The van der Waals surface area contributed by atoms with Crippen molar-refractivity contribution in [2.75, 3.05) is 18.8 Å². The van der Waals surface area contributed by atoms with E-state index in [0.717, 1.165) is 24.3 Å². The second-order valence-corrected chi connectivity index (χ2v) is 7.32. The molecule has 2 fully saturated rings. The number of fused-ring (bicyclic) bond motifs is 1.